The van der Waals surface area contributed by atoms with Crippen molar-refractivity contribution in [2.24, 2.45) is 0 Å². The fourth-order valence-electron chi connectivity index (χ4n) is 1.63. The predicted octanol–water partition coefficient (Wildman–Crippen LogP) is 2.77. The number of aliphatic hydroxyl groups is 1. The first-order chi connectivity index (χ1) is 8.04. The van der Waals surface area contributed by atoms with Gasteiger partial charge in [-0.2, -0.15) is 0 Å². The maximum absolute atomic E-state index is 10.1. The van der Waals surface area contributed by atoms with Gasteiger partial charge >= 0.3 is 0 Å². The van der Waals surface area contributed by atoms with Gasteiger partial charge in [0.2, 0.25) is 0 Å². The number of methoxy groups -OCH3 is 1. The van der Waals surface area contributed by atoms with Crippen molar-refractivity contribution in [3.63, 3.8) is 0 Å². The van der Waals surface area contributed by atoms with E-state index in [9.17, 15) is 5.11 Å². The monoisotopic (exact) mass is 257 g/mol. The Morgan fingerprint density at radius 1 is 1.41 bits per heavy atom. The number of hydrogen-bond acceptors (Lipinski definition) is 3. The third-order valence-electron chi connectivity index (χ3n) is 2.52. The van der Waals surface area contributed by atoms with E-state index in [1.807, 2.05) is 0 Å². The Morgan fingerprint density at radius 2 is 2.12 bits per heavy atom. The maximum atomic E-state index is 10.1. The predicted molar refractivity (Wildman–Crippen MR) is 70.7 cm³/mol. The third kappa shape index (κ3) is 4.54. The van der Waals surface area contributed by atoms with Crippen LogP contribution in [-0.4, -0.2) is 24.8 Å². The van der Waals surface area contributed by atoms with Gasteiger partial charge in [0.25, 0.3) is 0 Å². The first kappa shape index (κ1) is 14.3. The molecule has 0 bridgehead atoms. The molecule has 0 saturated carbocycles. The van der Waals surface area contributed by atoms with Gasteiger partial charge in [0.1, 0.15) is 5.75 Å². The van der Waals surface area contributed by atoms with Crippen LogP contribution in [0.1, 0.15) is 31.9 Å². The van der Waals surface area contributed by atoms with Crippen LogP contribution in [0.2, 0.25) is 5.02 Å². The summed E-state index contributed by atoms with van der Waals surface area (Å²) in [4.78, 5) is 0. The lowest BCUT2D eigenvalue weighted by Gasteiger charge is -2.16. The van der Waals surface area contributed by atoms with Crippen molar-refractivity contribution >= 4 is 11.6 Å². The molecule has 1 aromatic carbocycles. The van der Waals surface area contributed by atoms with E-state index >= 15 is 0 Å². The third-order valence-corrected chi connectivity index (χ3v) is 2.76. The Morgan fingerprint density at radius 3 is 2.71 bits per heavy atom. The lowest BCUT2D eigenvalue weighted by atomic mass is 10.1. The van der Waals surface area contributed by atoms with Gasteiger partial charge in [0.05, 0.1) is 13.2 Å². The molecule has 0 aromatic heterocycles. The van der Waals surface area contributed by atoms with E-state index in [-0.39, 0.29) is 0 Å². The van der Waals surface area contributed by atoms with Crippen molar-refractivity contribution < 1.29 is 9.84 Å². The summed E-state index contributed by atoms with van der Waals surface area (Å²) in [6.07, 6.45) is 0.0735. The molecule has 4 heteroatoms. The molecule has 0 aliphatic heterocycles. The molecular formula is C13H20ClNO2. The van der Waals surface area contributed by atoms with Crippen LogP contribution in [-0.2, 0) is 0 Å². The van der Waals surface area contributed by atoms with E-state index < -0.39 is 6.10 Å². The Hall–Kier alpha value is -0.770. The summed E-state index contributed by atoms with van der Waals surface area (Å²) in [5, 5.41) is 14.0. The lowest BCUT2D eigenvalue weighted by Crippen LogP contribution is -2.25. The second kappa shape index (κ2) is 6.84. The summed E-state index contributed by atoms with van der Waals surface area (Å²) in [6, 6.07) is 5.70. The van der Waals surface area contributed by atoms with Crippen LogP contribution < -0.4 is 10.1 Å². The minimum atomic E-state index is -0.560. The number of ether oxygens (including phenoxy) is 1. The highest BCUT2D eigenvalue weighted by Gasteiger charge is 2.13. The van der Waals surface area contributed by atoms with E-state index in [0.717, 1.165) is 12.1 Å². The average Bonchev–Trinajstić information content (AvgIpc) is 2.28. The van der Waals surface area contributed by atoms with Gasteiger partial charge in [0, 0.05) is 16.6 Å². The fraction of sp³-hybridized carbons (Fsp3) is 0.538. The summed E-state index contributed by atoms with van der Waals surface area (Å²) in [5.41, 5.74) is 0.741. The largest absolute Gasteiger partial charge is 0.496 e. The van der Waals surface area contributed by atoms with E-state index in [4.69, 9.17) is 16.3 Å². The summed E-state index contributed by atoms with van der Waals surface area (Å²) in [5.74, 6) is 0.673. The highest BCUT2D eigenvalue weighted by atomic mass is 35.5. The Labute approximate surface area is 108 Å². The number of halogens is 1. The molecule has 0 saturated heterocycles. The van der Waals surface area contributed by atoms with Crippen molar-refractivity contribution in [1.82, 2.24) is 5.32 Å². The van der Waals surface area contributed by atoms with E-state index in [2.05, 4.69) is 19.2 Å². The zero-order valence-electron chi connectivity index (χ0n) is 10.5. The molecular weight excluding hydrogens is 238 g/mol. The van der Waals surface area contributed by atoms with Crippen molar-refractivity contribution in [3.05, 3.63) is 28.8 Å². The van der Waals surface area contributed by atoms with Crippen molar-refractivity contribution in [2.75, 3.05) is 13.7 Å². The fourth-order valence-corrected chi connectivity index (χ4v) is 1.81. The Balaban J connectivity index is 2.66. The van der Waals surface area contributed by atoms with Crippen molar-refractivity contribution in [1.29, 1.82) is 0 Å². The van der Waals surface area contributed by atoms with Gasteiger partial charge in [0.15, 0.2) is 0 Å². The van der Waals surface area contributed by atoms with E-state index in [1.54, 1.807) is 25.3 Å². The number of hydrogen-bond donors (Lipinski definition) is 2. The molecule has 0 fully saturated rings. The molecule has 0 amide bonds. The minimum absolute atomic E-state index is 0.420. The maximum Gasteiger partial charge on any atom is 0.124 e. The zero-order valence-corrected chi connectivity index (χ0v) is 11.3. The van der Waals surface area contributed by atoms with Crippen LogP contribution >= 0.6 is 11.6 Å². The van der Waals surface area contributed by atoms with Crippen LogP contribution in [0.4, 0.5) is 0 Å². The molecule has 0 aliphatic carbocycles. The number of nitrogens with one attached hydrogen (secondary N) is 1. The van der Waals surface area contributed by atoms with Gasteiger partial charge in [-0.15, -0.1) is 0 Å². The molecule has 0 radical (unpaired) electrons. The Bertz CT molecular complexity index is 355. The summed E-state index contributed by atoms with van der Waals surface area (Å²) < 4.78 is 5.21. The molecule has 1 rings (SSSR count). The van der Waals surface area contributed by atoms with E-state index in [1.165, 1.54) is 0 Å². The van der Waals surface area contributed by atoms with Crippen LogP contribution in [0.25, 0.3) is 0 Å². The number of benzene rings is 1. The molecule has 3 nitrogen and oxygen atoms in total. The molecule has 0 heterocycles. The van der Waals surface area contributed by atoms with Crippen LogP contribution in [0.5, 0.6) is 5.75 Å². The summed E-state index contributed by atoms with van der Waals surface area (Å²) in [7, 11) is 1.59. The first-order valence-corrected chi connectivity index (χ1v) is 6.17. The Kier molecular flexibility index (Phi) is 5.75. The topological polar surface area (TPSA) is 41.5 Å². The first-order valence-electron chi connectivity index (χ1n) is 5.79. The summed E-state index contributed by atoms with van der Waals surface area (Å²) >= 11 is 5.92. The minimum Gasteiger partial charge on any atom is -0.496 e. The number of rotatable bonds is 6. The van der Waals surface area contributed by atoms with Gasteiger partial charge in [-0.3, -0.25) is 0 Å². The van der Waals surface area contributed by atoms with Crippen molar-refractivity contribution in [3.8, 4) is 5.75 Å². The smallest absolute Gasteiger partial charge is 0.124 e. The molecule has 1 unspecified atom stereocenters. The molecule has 2 N–H and O–H groups in total. The molecule has 1 atom stereocenters. The van der Waals surface area contributed by atoms with Crippen LogP contribution in [0, 0.1) is 0 Å². The normalized spacial score (nSPS) is 12.8. The van der Waals surface area contributed by atoms with Gasteiger partial charge in [-0.05, 0) is 31.2 Å². The standard InChI is InChI=1S/C13H20ClNO2/c1-9(2)15-7-6-12(16)11-8-10(14)4-5-13(11)17-3/h4-5,8-9,12,15-16H,6-7H2,1-3H3. The number of aliphatic hydroxyl groups excluding tert-OH is 1. The zero-order chi connectivity index (χ0) is 12.8. The average molecular weight is 258 g/mol. The lowest BCUT2D eigenvalue weighted by molar-refractivity contribution is 0.162. The van der Waals surface area contributed by atoms with E-state index in [0.29, 0.717) is 23.2 Å². The van der Waals surface area contributed by atoms with Gasteiger partial charge < -0.3 is 15.2 Å². The van der Waals surface area contributed by atoms with Gasteiger partial charge in [-0.25, -0.2) is 0 Å². The second-order valence-corrected chi connectivity index (χ2v) is 4.74. The molecule has 1 aromatic rings. The molecule has 0 spiro atoms. The van der Waals surface area contributed by atoms with Gasteiger partial charge in [-0.1, -0.05) is 25.4 Å². The quantitative estimate of drug-likeness (QED) is 0.824. The van der Waals surface area contributed by atoms with Crippen molar-refractivity contribution in [2.45, 2.75) is 32.4 Å². The molecule has 17 heavy (non-hydrogen) atoms. The van der Waals surface area contributed by atoms with Crippen LogP contribution in [0.15, 0.2) is 18.2 Å². The summed E-state index contributed by atoms with van der Waals surface area (Å²) in [6.45, 7) is 4.91. The second-order valence-electron chi connectivity index (χ2n) is 4.30. The molecule has 0 aliphatic rings. The SMILES string of the molecule is COc1ccc(Cl)cc1C(O)CCNC(C)C. The molecule has 96 valence electrons. The van der Waals surface area contributed by atoms with Crippen LogP contribution in [0.3, 0.4) is 0 Å². The highest BCUT2D eigenvalue weighted by Crippen LogP contribution is 2.29. The highest BCUT2D eigenvalue weighted by molar-refractivity contribution is 6.30.